The number of thioether (sulfide) groups is 1. The van der Waals surface area contributed by atoms with Gasteiger partial charge < -0.3 is 5.11 Å². The Morgan fingerprint density at radius 2 is 2.17 bits per heavy atom. The molecular weight excluding hydrogens is 338 g/mol. The highest BCUT2D eigenvalue weighted by Gasteiger charge is 2.34. The maximum Gasteiger partial charge on any atom is 0.230 e. The number of hydrogen-bond acceptors (Lipinski definition) is 4. The molecule has 130 valence electrons. The lowest BCUT2D eigenvalue weighted by Gasteiger charge is -2.24. The lowest BCUT2D eigenvalue weighted by Crippen LogP contribution is -2.41. The Bertz CT molecular complexity index is 574. The number of carbonyl (C=O) groups is 1. The van der Waals surface area contributed by atoms with Gasteiger partial charge in [0.05, 0.1) is 18.6 Å². The predicted molar refractivity (Wildman–Crippen MR) is 105 cm³/mol. The Balaban J connectivity index is 1.91. The quantitative estimate of drug-likeness (QED) is 0.561. The van der Waals surface area contributed by atoms with Crippen LogP contribution in [-0.2, 0) is 11.2 Å². The minimum Gasteiger partial charge on any atom is -0.392 e. The molecule has 24 heavy (non-hydrogen) atoms. The molecular formula is C19H25NO2S2. The van der Waals surface area contributed by atoms with E-state index in [9.17, 15) is 9.90 Å². The van der Waals surface area contributed by atoms with Gasteiger partial charge in [0.25, 0.3) is 0 Å². The van der Waals surface area contributed by atoms with Gasteiger partial charge in [-0.2, -0.15) is 0 Å². The summed E-state index contributed by atoms with van der Waals surface area (Å²) >= 11 is 6.91. The summed E-state index contributed by atoms with van der Waals surface area (Å²) < 4.78 is 0.634. The Hall–Kier alpha value is -1.17. The second-order valence-electron chi connectivity index (χ2n) is 6.04. The van der Waals surface area contributed by atoms with Crippen molar-refractivity contribution in [3.05, 3.63) is 48.0 Å². The summed E-state index contributed by atoms with van der Waals surface area (Å²) in [5, 5.41) is 10.1. The first-order valence-corrected chi connectivity index (χ1v) is 9.87. The highest BCUT2D eigenvalue weighted by atomic mass is 32.2. The van der Waals surface area contributed by atoms with Gasteiger partial charge in [0, 0.05) is 5.75 Å². The van der Waals surface area contributed by atoms with Crippen LogP contribution in [0.25, 0.3) is 0 Å². The summed E-state index contributed by atoms with van der Waals surface area (Å²) in [5.41, 5.74) is 1.20. The molecule has 2 rings (SSSR count). The molecule has 1 saturated heterocycles. The molecule has 0 spiro atoms. The number of aliphatic hydroxyl groups is 1. The topological polar surface area (TPSA) is 40.5 Å². The zero-order valence-corrected chi connectivity index (χ0v) is 15.7. The average molecular weight is 364 g/mol. The third kappa shape index (κ3) is 5.72. The summed E-state index contributed by atoms with van der Waals surface area (Å²) in [7, 11) is 0. The number of allylic oxidation sites excluding steroid dienone is 1. The van der Waals surface area contributed by atoms with Crippen LogP contribution in [0.3, 0.4) is 0 Å². The largest absolute Gasteiger partial charge is 0.392 e. The van der Waals surface area contributed by atoms with Gasteiger partial charge in [-0.25, -0.2) is 0 Å². The molecule has 0 saturated carbocycles. The van der Waals surface area contributed by atoms with Crippen LogP contribution in [0.1, 0.15) is 38.2 Å². The summed E-state index contributed by atoms with van der Waals surface area (Å²) in [4.78, 5) is 14.3. The van der Waals surface area contributed by atoms with Crippen LogP contribution in [0.15, 0.2) is 42.5 Å². The SMILES string of the molecule is CCC/C=C\C[C@@H](O)CC(=O)N1C(=S)SC[C@H]1Cc1ccccc1. The lowest BCUT2D eigenvalue weighted by atomic mass is 10.1. The van der Waals surface area contributed by atoms with Crippen molar-refractivity contribution in [1.29, 1.82) is 0 Å². The van der Waals surface area contributed by atoms with Gasteiger partial charge in [0.1, 0.15) is 4.32 Å². The molecule has 0 radical (unpaired) electrons. The van der Waals surface area contributed by atoms with Crippen molar-refractivity contribution >= 4 is 34.2 Å². The number of amides is 1. The normalized spacial score (nSPS) is 19.2. The smallest absolute Gasteiger partial charge is 0.230 e. The van der Waals surface area contributed by atoms with Gasteiger partial charge in [-0.3, -0.25) is 9.69 Å². The number of aliphatic hydroxyl groups excluding tert-OH is 1. The fourth-order valence-corrected chi connectivity index (χ4v) is 4.17. The lowest BCUT2D eigenvalue weighted by molar-refractivity contribution is -0.130. The molecule has 1 fully saturated rings. The third-order valence-corrected chi connectivity index (χ3v) is 5.53. The van der Waals surface area contributed by atoms with E-state index >= 15 is 0 Å². The molecule has 0 bridgehead atoms. The van der Waals surface area contributed by atoms with E-state index in [2.05, 4.69) is 25.1 Å². The van der Waals surface area contributed by atoms with E-state index in [4.69, 9.17) is 12.2 Å². The molecule has 1 aromatic carbocycles. The Labute approximate surface area is 154 Å². The van der Waals surface area contributed by atoms with Crippen LogP contribution >= 0.6 is 24.0 Å². The minimum absolute atomic E-state index is 0.0673. The van der Waals surface area contributed by atoms with Crippen LogP contribution in [0.5, 0.6) is 0 Å². The summed E-state index contributed by atoms with van der Waals surface area (Å²) in [5.74, 6) is 0.758. The van der Waals surface area contributed by atoms with E-state index in [-0.39, 0.29) is 18.4 Å². The highest BCUT2D eigenvalue weighted by molar-refractivity contribution is 8.23. The summed E-state index contributed by atoms with van der Waals surface area (Å²) in [6, 6.07) is 10.2. The Morgan fingerprint density at radius 3 is 2.88 bits per heavy atom. The van der Waals surface area contributed by atoms with Crippen LogP contribution in [0.4, 0.5) is 0 Å². The molecule has 3 nitrogen and oxygen atoms in total. The number of rotatable bonds is 8. The summed E-state index contributed by atoms with van der Waals surface area (Å²) in [6.07, 6.45) is 6.91. The van der Waals surface area contributed by atoms with Gasteiger partial charge in [-0.1, -0.05) is 79.8 Å². The molecule has 2 atom stereocenters. The van der Waals surface area contributed by atoms with Crippen molar-refractivity contribution < 1.29 is 9.90 Å². The van der Waals surface area contributed by atoms with E-state index in [1.807, 2.05) is 24.3 Å². The number of thiocarbonyl (C=S) groups is 1. The number of hydrogen-bond donors (Lipinski definition) is 1. The molecule has 1 aromatic rings. The van der Waals surface area contributed by atoms with Crippen molar-refractivity contribution in [1.82, 2.24) is 4.90 Å². The fourth-order valence-electron chi connectivity index (χ4n) is 2.72. The molecule has 0 aromatic heterocycles. The third-order valence-electron chi connectivity index (χ3n) is 3.98. The standard InChI is InChI=1S/C19H25NO2S2/c1-2-3-4-8-11-17(21)13-18(22)20-16(14-24-19(20)23)12-15-9-6-5-7-10-15/h4-10,16-17,21H,2-3,11-14H2,1H3/b8-4-/t16-,17-/m1/s1. The maximum atomic E-state index is 12.6. The second-order valence-corrected chi connectivity index (χ2v) is 7.69. The molecule has 0 unspecified atom stereocenters. The van der Waals surface area contributed by atoms with Crippen LogP contribution in [-0.4, -0.2) is 38.1 Å². The zero-order valence-electron chi connectivity index (χ0n) is 14.1. The Kier molecular flexibility index (Phi) is 7.95. The number of nitrogens with zero attached hydrogens (tertiary/aromatic N) is 1. The van der Waals surface area contributed by atoms with E-state index < -0.39 is 6.10 Å². The number of benzene rings is 1. The predicted octanol–water partition coefficient (Wildman–Crippen LogP) is 3.96. The molecule has 1 amide bonds. The Morgan fingerprint density at radius 1 is 1.42 bits per heavy atom. The van der Waals surface area contributed by atoms with Crippen molar-refractivity contribution in [3.63, 3.8) is 0 Å². The first-order chi connectivity index (χ1) is 11.6. The van der Waals surface area contributed by atoms with E-state index in [0.29, 0.717) is 10.7 Å². The van der Waals surface area contributed by atoms with Crippen molar-refractivity contribution in [2.75, 3.05) is 5.75 Å². The average Bonchev–Trinajstić information content (AvgIpc) is 2.93. The van der Waals surface area contributed by atoms with Gasteiger partial charge in [0.15, 0.2) is 0 Å². The molecule has 0 aliphatic carbocycles. The molecule has 5 heteroatoms. The molecule has 1 N–H and O–H groups in total. The fraction of sp³-hybridized carbons (Fsp3) is 0.474. The van der Waals surface area contributed by atoms with Crippen LogP contribution in [0.2, 0.25) is 0 Å². The monoisotopic (exact) mass is 363 g/mol. The van der Waals surface area contributed by atoms with Gasteiger partial charge in [-0.15, -0.1) is 0 Å². The molecule has 1 heterocycles. The minimum atomic E-state index is -0.642. The number of carbonyl (C=O) groups excluding carboxylic acids is 1. The van der Waals surface area contributed by atoms with E-state index in [0.717, 1.165) is 25.0 Å². The molecule has 1 aliphatic heterocycles. The van der Waals surface area contributed by atoms with E-state index in [1.165, 1.54) is 5.56 Å². The zero-order chi connectivity index (χ0) is 17.4. The first kappa shape index (κ1) is 19.2. The summed E-state index contributed by atoms with van der Waals surface area (Å²) in [6.45, 7) is 2.11. The van der Waals surface area contributed by atoms with Crippen molar-refractivity contribution in [3.8, 4) is 0 Å². The van der Waals surface area contributed by atoms with Crippen molar-refractivity contribution in [2.24, 2.45) is 0 Å². The van der Waals surface area contributed by atoms with Crippen LogP contribution in [0, 0.1) is 0 Å². The van der Waals surface area contributed by atoms with E-state index in [1.54, 1.807) is 16.7 Å². The van der Waals surface area contributed by atoms with Crippen molar-refractivity contribution in [2.45, 2.75) is 51.2 Å². The number of unbranched alkanes of at least 4 members (excludes halogenated alkanes) is 1. The van der Waals surface area contributed by atoms with Gasteiger partial charge in [-0.05, 0) is 24.8 Å². The second kappa shape index (κ2) is 9.97. The van der Waals surface area contributed by atoms with Gasteiger partial charge >= 0.3 is 0 Å². The highest BCUT2D eigenvalue weighted by Crippen LogP contribution is 2.28. The van der Waals surface area contributed by atoms with Crippen LogP contribution < -0.4 is 0 Å². The molecule has 1 aliphatic rings. The first-order valence-electron chi connectivity index (χ1n) is 8.47. The maximum absolute atomic E-state index is 12.6. The van der Waals surface area contributed by atoms with Gasteiger partial charge in [0.2, 0.25) is 5.91 Å².